The van der Waals surface area contributed by atoms with Gasteiger partial charge in [-0.2, -0.15) is 4.99 Å². The number of rotatable bonds is 7. The second-order valence-electron chi connectivity index (χ2n) is 8.63. The summed E-state index contributed by atoms with van der Waals surface area (Å²) in [5, 5.41) is 9.16. The zero-order valence-corrected chi connectivity index (χ0v) is 20.2. The van der Waals surface area contributed by atoms with Crippen LogP contribution in [-0.2, 0) is 26.4 Å². The van der Waals surface area contributed by atoms with Gasteiger partial charge in [0.15, 0.2) is 0 Å². The van der Waals surface area contributed by atoms with Crippen molar-refractivity contribution < 1.29 is 27.8 Å². The molecule has 4 rings (SSSR count). The molecule has 196 valence electrons. The molecular formula is C25H25F3N4O5. The number of aromatic nitrogens is 3. The Morgan fingerprint density at radius 1 is 1.14 bits per heavy atom. The fourth-order valence-corrected chi connectivity index (χ4v) is 4.18. The third kappa shape index (κ3) is 6.08. The second kappa shape index (κ2) is 10.6. The minimum atomic E-state index is -4.87. The van der Waals surface area contributed by atoms with Crippen LogP contribution in [0.2, 0.25) is 0 Å². The van der Waals surface area contributed by atoms with E-state index < -0.39 is 29.3 Å². The van der Waals surface area contributed by atoms with Crippen LogP contribution in [0.1, 0.15) is 23.4 Å². The lowest BCUT2D eigenvalue weighted by Crippen LogP contribution is -2.43. The van der Waals surface area contributed by atoms with Gasteiger partial charge < -0.3 is 14.6 Å². The zero-order chi connectivity index (χ0) is 26.7. The van der Waals surface area contributed by atoms with Crippen LogP contribution >= 0.6 is 0 Å². The van der Waals surface area contributed by atoms with E-state index in [1.807, 2.05) is 25.1 Å². The summed E-state index contributed by atoms with van der Waals surface area (Å²) in [6.45, 7) is 1.72. The maximum Gasteiger partial charge on any atom is 0.573 e. The molecule has 12 heteroatoms. The summed E-state index contributed by atoms with van der Waals surface area (Å²) in [6, 6.07) is 10.5. The topological polar surface area (TPSA) is 108 Å². The van der Waals surface area contributed by atoms with E-state index >= 15 is 0 Å². The number of ether oxygens (including phenoxy) is 2. The lowest BCUT2D eigenvalue weighted by molar-refractivity contribution is -0.274. The van der Waals surface area contributed by atoms with Gasteiger partial charge >= 0.3 is 12.1 Å². The lowest BCUT2D eigenvalue weighted by Gasteiger charge is -2.26. The SMILES string of the molecule is Cc1cccc(CC2Cc3c(n(C)c(=O)n(CCCO)c3=O)N=C2Oc2cccc(OC(F)(F)F)c2)n1. The standard InChI is InChI=1S/C25H25F3N4O5/c1-15-6-3-7-17(29-15)12-16-13-20-21(31(2)24(35)32(23(20)34)10-5-11-33)30-22(16)36-18-8-4-9-19(14-18)37-25(26,27)28/h3-4,6-9,14,16,33H,5,10-13H2,1-2H3. The van der Waals surface area contributed by atoms with Gasteiger partial charge in [-0.3, -0.25) is 18.9 Å². The summed E-state index contributed by atoms with van der Waals surface area (Å²) < 4.78 is 50.3. The molecule has 1 aliphatic rings. The average Bonchev–Trinajstić information content (AvgIpc) is 2.82. The summed E-state index contributed by atoms with van der Waals surface area (Å²) in [6.07, 6.45) is -4.14. The van der Waals surface area contributed by atoms with E-state index in [1.165, 1.54) is 23.7 Å². The van der Waals surface area contributed by atoms with Crippen molar-refractivity contribution in [2.24, 2.45) is 18.0 Å². The first-order chi connectivity index (χ1) is 17.6. The van der Waals surface area contributed by atoms with Crippen molar-refractivity contribution in [2.75, 3.05) is 6.61 Å². The fourth-order valence-electron chi connectivity index (χ4n) is 4.18. The van der Waals surface area contributed by atoms with Crippen LogP contribution in [0.4, 0.5) is 19.0 Å². The quantitative estimate of drug-likeness (QED) is 0.515. The number of aliphatic hydroxyl groups is 1. The summed E-state index contributed by atoms with van der Waals surface area (Å²) >= 11 is 0. The van der Waals surface area contributed by atoms with Crippen molar-refractivity contribution in [3.05, 3.63) is 80.3 Å². The Kier molecular flexibility index (Phi) is 7.48. The Morgan fingerprint density at radius 3 is 2.57 bits per heavy atom. The average molecular weight is 518 g/mol. The van der Waals surface area contributed by atoms with Gasteiger partial charge in [0.25, 0.3) is 5.56 Å². The number of halogens is 3. The van der Waals surface area contributed by atoms with E-state index in [9.17, 15) is 22.8 Å². The largest absolute Gasteiger partial charge is 0.573 e. The molecule has 0 aliphatic carbocycles. The van der Waals surface area contributed by atoms with Crippen molar-refractivity contribution in [1.29, 1.82) is 0 Å². The third-order valence-electron chi connectivity index (χ3n) is 5.83. The molecule has 1 unspecified atom stereocenters. The van der Waals surface area contributed by atoms with Crippen LogP contribution in [0.15, 0.2) is 57.0 Å². The molecule has 0 bridgehead atoms. The molecule has 3 heterocycles. The smallest absolute Gasteiger partial charge is 0.442 e. The monoisotopic (exact) mass is 518 g/mol. The van der Waals surface area contributed by atoms with E-state index in [2.05, 4.69) is 14.7 Å². The number of benzene rings is 1. The van der Waals surface area contributed by atoms with Gasteiger partial charge in [-0.15, -0.1) is 13.2 Å². The van der Waals surface area contributed by atoms with Crippen molar-refractivity contribution in [1.82, 2.24) is 14.1 Å². The second-order valence-corrected chi connectivity index (χ2v) is 8.63. The van der Waals surface area contributed by atoms with Gasteiger partial charge in [-0.1, -0.05) is 12.1 Å². The molecule has 1 atom stereocenters. The van der Waals surface area contributed by atoms with Gasteiger partial charge in [-0.05, 0) is 44.0 Å². The molecule has 0 fully saturated rings. The van der Waals surface area contributed by atoms with Crippen molar-refractivity contribution >= 4 is 11.7 Å². The van der Waals surface area contributed by atoms with E-state index in [0.717, 1.165) is 22.4 Å². The highest BCUT2D eigenvalue weighted by atomic mass is 19.4. The number of nitrogens with zero attached hydrogens (tertiary/aromatic N) is 4. The minimum absolute atomic E-state index is 0.0486. The molecule has 1 N–H and O–H groups in total. The molecule has 9 nitrogen and oxygen atoms in total. The minimum Gasteiger partial charge on any atom is -0.442 e. The van der Waals surface area contributed by atoms with E-state index in [1.54, 1.807) is 0 Å². The zero-order valence-electron chi connectivity index (χ0n) is 20.2. The number of alkyl halides is 3. The predicted molar refractivity (Wildman–Crippen MR) is 128 cm³/mol. The van der Waals surface area contributed by atoms with Crippen molar-refractivity contribution in [3.8, 4) is 11.5 Å². The number of aliphatic imine (C=N–C) groups is 1. The molecule has 2 aromatic heterocycles. The van der Waals surface area contributed by atoms with Gasteiger partial charge in [0.1, 0.15) is 17.3 Å². The van der Waals surface area contributed by atoms with Crippen molar-refractivity contribution in [2.45, 2.75) is 39.1 Å². The molecule has 0 spiro atoms. The third-order valence-corrected chi connectivity index (χ3v) is 5.83. The first-order valence-corrected chi connectivity index (χ1v) is 11.5. The van der Waals surface area contributed by atoms with Gasteiger partial charge in [0, 0.05) is 50.0 Å². The highest BCUT2D eigenvalue weighted by Crippen LogP contribution is 2.31. The Morgan fingerprint density at radius 2 is 1.86 bits per heavy atom. The molecule has 0 saturated heterocycles. The molecule has 0 radical (unpaired) electrons. The van der Waals surface area contributed by atoms with Gasteiger partial charge in [-0.25, -0.2) is 4.79 Å². The Hall–Kier alpha value is -3.93. The molecule has 37 heavy (non-hydrogen) atoms. The summed E-state index contributed by atoms with van der Waals surface area (Å²) in [5.41, 5.74) is 0.708. The number of hydrogen-bond donors (Lipinski definition) is 1. The van der Waals surface area contributed by atoms with Crippen LogP contribution in [0.25, 0.3) is 0 Å². The fraction of sp³-hybridized carbons (Fsp3) is 0.360. The molecular weight excluding hydrogens is 493 g/mol. The number of aryl methyl sites for hydroxylation is 1. The van der Waals surface area contributed by atoms with Crippen LogP contribution in [0.5, 0.6) is 11.5 Å². The maximum absolute atomic E-state index is 13.2. The van der Waals surface area contributed by atoms with Crippen LogP contribution in [0.3, 0.4) is 0 Å². The number of aliphatic hydroxyl groups excluding tert-OH is 1. The van der Waals surface area contributed by atoms with Crippen LogP contribution in [-0.4, -0.2) is 38.1 Å². The maximum atomic E-state index is 13.2. The Balaban J connectivity index is 1.77. The highest BCUT2D eigenvalue weighted by molar-refractivity contribution is 5.86. The molecule has 3 aromatic rings. The lowest BCUT2D eigenvalue weighted by atomic mass is 9.92. The summed E-state index contributed by atoms with van der Waals surface area (Å²) in [4.78, 5) is 35.0. The molecule has 0 saturated carbocycles. The first-order valence-electron chi connectivity index (χ1n) is 11.5. The highest BCUT2D eigenvalue weighted by Gasteiger charge is 2.33. The summed E-state index contributed by atoms with van der Waals surface area (Å²) in [5.74, 6) is -0.667. The van der Waals surface area contributed by atoms with Crippen molar-refractivity contribution in [3.63, 3.8) is 0 Å². The van der Waals surface area contributed by atoms with Gasteiger partial charge in [0.05, 0.1) is 5.56 Å². The number of fused-ring (bicyclic) bond motifs is 1. The number of hydrogen-bond acceptors (Lipinski definition) is 7. The van der Waals surface area contributed by atoms with E-state index in [-0.39, 0.29) is 43.5 Å². The van der Waals surface area contributed by atoms with E-state index in [0.29, 0.717) is 17.7 Å². The Bertz CT molecular complexity index is 1450. The molecule has 1 aliphatic heterocycles. The van der Waals surface area contributed by atoms with Crippen LogP contribution in [0, 0.1) is 12.8 Å². The Labute approximate surface area is 209 Å². The van der Waals surface area contributed by atoms with Crippen LogP contribution < -0.4 is 20.7 Å². The molecule has 1 aromatic carbocycles. The molecule has 0 amide bonds. The number of pyridine rings is 1. The summed E-state index contributed by atoms with van der Waals surface area (Å²) in [7, 11) is 1.47. The predicted octanol–water partition coefficient (Wildman–Crippen LogP) is 3.06. The normalized spacial score (nSPS) is 15.2. The van der Waals surface area contributed by atoms with E-state index in [4.69, 9.17) is 9.84 Å². The first kappa shape index (κ1) is 26.1. The van der Waals surface area contributed by atoms with Gasteiger partial charge in [0.2, 0.25) is 5.90 Å².